The lowest BCUT2D eigenvalue weighted by molar-refractivity contribution is 0.106. The summed E-state index contributed by atoms with van der Waals surface area (Å²) in [5.74, 6) is 0.0991. The molecule has 7 nitrogen and oxygen atoms in total. The summed E-state index contributed by atoms with van der Waals surface area (Å²) >= 11 is 0. The van der Waals surface area contributed by atoms with E-state index in [-0.39, 0.29) is 53.6 Å². The highest BCUT2D eigenvalue weighted by Gasteiger charge is 2.14. The van der Waals surface area contributed by atoms with Crippen molar-refractivity contribution in [2.45, 2.75) is 12.5 Å². The van der Waals surface area contributed by atoms with Gasteiger partial charge >= 0.3 is 0 Å². The minimum atomic E-state index is -0.714. The molecule has 0 saturated carbocycles. The van der Waals surface area contributed by atoms with Gasteiger partial charge in [-0.15, -0.1) is 24.8 Å². The number of aliphatic hydroxyl groups is 1. The summed E-state index contributed by atoms with van der Waals surface area (Å²) in [4.78, 5) is 12.5. The predicted molar refractivity (Wildman–Crippen MR) is 114 cm³/mol. The number of rotatable bonds is 8. The van der Waals surface area contributed by atoms with Gasteiger partial charge in [0.25, 0.3) is 0 Å². The molecule has 0 aliphatic rings. The van der Waals surface area contributed by atoms with Gasteiger partial charge in [-0.2, -0.15) is 0 Å². The Morgan fingerprint density at radius 3 is 2.68 bits per heavy atom. The Kier molecular flexibility index (Phi) is 9.51. The van der Waals surface area contributed by atoms with E-state index in [9.17, 15) is 15.0 Å². The Balaban J connectivity index is 0.00000196. The first-order valence-electron chi connectivity index (χ1n) is 8.50. The van der Waals surface area contributed by atoms with Crippen LogP contribution in [-0.4, -0.2) is 42.6 Å². The van der Waals surface area contributed by atoms with E-state index in [0.29, 0.717) is 29.8 Å². The second kappa shape index (κ2) is 11.1. The molecule has 0 bridgehead atoms. The Hall–Kier alpha value is -2.03. The van der Waals surface area contributed by atoms with Crippen molar-refractivity contribution < 1.29 is 19.4 Å². The van der Waals surface area contributed by atoms with Gasteiger partial charge in [0.2, 0.25) is 5.43 Å². The van der Waals surface area contributed by atoms with Crippen molar-refractivity contribution in [2.24, 2.45) is 5.73 Å². The van der Waals surface area contributed by atoms with Crippen LogP contribution in [0.5, 0.6) is 11.5 Å². The van der Waals surface area contributed by atoms with Gasteiger partial charge in [-0.25, -0.2) is 0 Å². The van der Waals surface area contributed by atoms with Crippen LogP contribution in [-0.2, 0) is 0 Å². The number of halogens is 2. The second-order valence-electron chi connectivity index (χ2n) is 6.05. The Labute approximate surface area is 174 Å². The molecule has 3 rings (SSSR count). The minimum Gasteiger partial charge on any atom is -0.507 e. The molecule has 154 valence electrons. The van der Waals surface area contributed by atoms with Crippen molar-refractivity contribution in [3.05, 3.63) is 46.6 Å². The molecule has 0 radical (unpaired) electrons. The van der Waals surface area contributed by atoms with Gasteiger partial charge < -0.3 is 30.4 Å². The third-order valence-electron chi connectivity index (χ3n) is 4.01. The first kappa shape index (κ1) is 24.0. The Bertz CT molecular complexity index is 964. The van der Waals surface area contributed by atoms with E-state index in [1.165, 1.54) is 12.1 Å². The van der Waals surface area contributed by atoms with Gasteiger partial charge in [0.1, 0.15) is 40.8 Å². The van der Waals surface area contributed by atoms with Crippen molar-refractivity contribution in [1.29, 1.82) is 0 Å². The fourth-order valence-corrected chi connectivity index (χ4v) is 2.71. The zero-order chi connectivity index (χ0) is 18.5. The lowest BCUT2D eigenvalue weighted by Crippen LogP contribution is -2.32. The number of benzene rings is 2. The lowest BCUT2D eigenvalue weighted by atomic mass is 10.1. The molecule has 0 saturated heterocycles. The maximum Gasteiger partial charge on any atom is 0.204 e. The summed E-state index contributed by atoms with van der Waals surface area (Å²) in [5.41, 5.74) is 5.78. The molecule has 0 amide bonds. The molecule has 3 aromatic rings. The standard InChI is InChI=1S/C19H22N2O5.2ClH/c20-6-3-7-21-10-12(22)11-25-13-8-15(23)18-17(9-13)26-16-5-2-1-4-14(16)19(18)24;;/h1-2,4-5,8-9,12,21-23H,3,6-7,10-11,20H2;2*1H. The number of aromatic hydroxyl groups is 1. The average molecular weight is 431 g/mol. The highest BCUT2D eigenvalue weighted by atomic mass is 35.5. The molecule has 0 aliphatic carbocycles. The maximum absolute atomic E-state index is 12.5. The number of hydrogen-bond acceptors (Lipinski definition) is 7. The Morgan fingerprint density at radius 2 is 1.93 bits per heavy atom. The van der Waals surface area contributed by atoms with E-state index in [2.05, 4.69) is 5.32 Å². The SMILES string of the molecule is Cl.Cl.NCCCNCC(O)COc1cc(O)c2c(=O)c3ccccc3oc2c1. The number of phenolic OH excluding ortho intramolecular Hbond substituents is 1. The van der Waals surface area contributed by atoms with Crippen LogP contribution >= 0.6 is 24.8 Å². The van der Waals surface area contributed by atoms with Gasteiger partial charge in [0, 0.05) is 18.7 Å². The number of aliphatic hydroxyl groups excluding tert-OH is 1. The molecule has 2 aromatic carbocycles. The average Bonchev–Trinajstić information content (AvgIpc) is 2.63. The zero-order valence-electron chi connectivity index (χ0n) is 15.1. The van der Waals surface area contributed by atoms with E-state index in [4.69, 9.17) is 14.9 Å². The number of nitrogens with one attached hydrogen (secondary N) is 1. The van der Waals surface area contributed by atoms with Crippen LogP contribution in [0.4, 0.5) is 0 Å². The lowest BCUT2D eigenvalue weighted by Gasteiger charge is -2.14. The second-order valence-corrected chi connectivity index (χ2v) is 6.05. The molecule has 1 atom stereocenters. The largest absolute Gasteiger partial charge is 0.507 e. The maximum atomic E-state index is 12.5. The number of para-hydroxylation sites is 1. The molecule has 28 heavy (non-hydrogen) atoms. The fraction of sp³-hybridized carbons (Fsp3) is 0.316. The molecular weight excluding hydrogens is 407 g/mol. The third-order valence-corrected chi connectivity index (χ3v) is 4.01. The molecule has 1 heterocycles. The van der Waals surface area contributed by atoms with Crippen molar-refractivity contribution in [3.63, 3.8) is 0 Å². The number of hydrogen-bond donors (Lipinski definition) is 4. The van der Waals surface area contributed by atoms with Gasteiger partial charge in [0.15, 0.2) is 0 Å². The van der Waals surface area contributed by atoms with Crippen molar-refractivity contribution in [2.75, 3.05) is 26.2 Å². The van der Waals surface area contributed by atoms with Gasteiger partial charge in [-0.1, -0.05) is 12.1 Å². The molecule has 0 aliphatic heterocycles. The minimum absolute atomic E-state index is 0. The topological polar surface area (TPSA) is 118 Å². The molecule has 0 fully saturated rings. The van der Waals surface area contributed by atoms with E-state index < -0.39 is 6.10 Å². The molecule has 5 N–H and O–H groups in total. The van der Waals surface area contributed by atoms with Crippen LogP contribution in [0.25, 0.3) is 21.9 Å². The van der Waals surface area contributed by atoms with Crippen molar-refractivity contribution >= 4 is 46.8 Å². The predicted octanol–water partition coefficient (Wildman–Crippen LogP) is 2.17. The van der Waals surface area contributed by atoms with E-state index in [1.54, 1.807) is 24.3 Å². The molecule has 1 aromatic heterocycles. The van der Waals surface area contributed by atoms with Crippen molar-refractivity contribution in [1.82, 2.24) is 5.32 Å². The van der Waals surface area contributed by atoms with E-state index in [0.717, 1.165) is 13.0 Å². The summed E-state index contributed by atoms with van der Waals surface area (Å²) in [5, 5.41) is 23.7. The first-order valence-corrected chi connectivity index (χ1v) is 8.50. The molecular formula is C19H24Cl2N2O5. The summed E-state index contributed by atoms with van der Waals surface area (Å²) in [7, 11) is 0. The summed E-state index contributed by atoms with van der Waals surface area (Å²) in [6, 6.07) is 9.74. The zero-order valence-corrected chi connectivity index (χ0v) is 16.7. The Morgan fingerprint density at radius 1 is 1.18 bits per heavy atom. The van der Waals surface area contributed by atoms with Crippen molar-refractivity contribution in [3.8, 4) is 11.5 Å². The van der Waals surface area contributed by atoms with E-state index >= 15 is 0 Å². The number of fused-ring (bicyclic) bond motifs is 2. The van der Waals surface area contributed by atoms with Crippen LogP contribution in [0, 0.1) is 0 Å². The summed E-state index contributed by atoms with van der Waals surface area (Å²) in [6.07, 6.45) is 0.119. The molecule has 0 spiro atoms. The normalized spacial score (nSPS) is 11.6. The third kappa shape index (κ3) is 5.50. The molecule has 1 unspecified atom stereocenters. The number of phenols is 1. The monoisotopic (exact) mass is 430 g/mol. The highest BCUT2D eigenvalue weighted by Crippen LogP contribution is 2.30. The number of nitrogens with two attached hydrogens (primary N) is 1. The number of ether oxygens (including phenoxy) is 1. The van der Waals surface area contributed by atoms with Crippen LogP contribution in [0.15, 0.2) is 45.6 Å². The van der Waals surface area contributed by atoms with Gasteiger partial charge in [0.05, 0.1) is 5.39 Å². The smallest absolute Gasteiger partial charge is 0.204 e. The quantitative estimate of drug-likeness (QED) is 0.319. The molecule has 9 heteroatoms. The first-order chi connectivity index (χ1) is 12.6. The highest BCUT2D eigenvalue weighted by molar-refractivity contribution is 5.93. The summed E-state index contributed by atoms with van der Waals surface area (Å²) in [6.45, 7) is 1.73. The van der Waals surface area contributed by atoms with Crippen LogP contribution < -0.4 is 21.2 Å². The van der Waals surface area contributed by atoms with Gasteiger partial charge in [-0.3, -0.25) is 4.79 Å². The van der Waals surface area contributed by atoms with E-state index in [1.807, 2.05) is 0 Å². The van der Waals surface area contributed by atoms with Crippen LogP contribution in [0.3, 0.4) is 0 Å². The van der Waals surface area contributed by atoms with Gasteiger partial charge in [-0.05, 0) is 31.6 Å². The van der Waals surface area contributed by atoms with Crippen LogP contribution in [0.2, 0.25) is 0 Å². The fourth-order valence-electron chi connectivity index (χ4n) is 2.71. The van der Waals surface area contributed by atoms with Crippen LogP contribution in [0.1, 0.15) is 6.42 Å². The summed E-state index contributed by atoms with van der Waals surface area (Å²) < 4.78 is 11.2.